The fourth-order valence-corrected chi connectivity index (χ4v) is 0. The molecule has 0 aromatic heterocycles. The average molecular weight is 278 g/mol. The molecule has 0 bridgehead atoms. The van der Waals surface area contributed by atoms with E-state index in [0.29, 0.717) is 0 Å². The summed E-state index contributed by atoms with van der Waals surface area (Å²) < 4.78 is 0. The van der Waals surface area contributed by atoms with Crippen molar-refractivity contribution in [2.45, 2.75) is 0 Å². The van der Waals surface area contributed by atoms with Gasteiger partial charge in [0, 0.05) is 0 Å². The normalized spacial score (nSPS) is 0. The zero-order chi connectivity index (χ0) is 0. The molecule has 0 saturated carbocycles. The average Bonchev–Trinajstić information content (AvgIpc) is 0. The van der Waals surface area contributed by atoms with Gasteiger partial charge in [-0.05, 0) is 0 Å². The Kier molecular flexibility index (Phi) is 110. The molecular formula is H5BrClKSn. The van der Waals surface area contributed by atoms with Gasteiger partial charge in [-0.1, -0.05) is 0 Å². The monoisotopic (exact) mass is 278 g/mol. The number of rotatable bonds is 0. The Labute approximate surface area is 102 Å². The summed E-state index contributed by atoms with van der Waals surface area (Å²) in [5.41, 5.74) is 0. The molecule has 0 spiro atoms. The van der Waals surface area contributed by atoms with Gasteiger partial charge in [0.15, 0.2) is 0 Å². The van der Waals surface area contributed by atoms with Crippen LogP contribution in [-0.2, 0) is 0 Å². The van der Waals surface area contributed by atoms with E-state index in [-0.39, 0.29) is 105 Å². The van der Waals surface area contributed by atoms with Crippen molar-refractivity contribution in [1.29, 1.82) is 0 Å². The summed E-state index contributed by atoms with van der Waals surface area (Å²) in [6, 6.07) is 0. The van der Waals surface area contributed by atoms with Crippen molar-refractivity contribution in [3.05, 3.63) is 0 Å². The van der Waals surface area contributed by atoms with E-state index in [9.17, 15) is 0 Å². The molecule has 0 nitrogen and oxygen atoms in total. The summed E-state index contributed by atoms with van der Waals surface area (Å²) in [5.74, 6) is 0. The van der Waals surface area contributed by atoms with Gasteiger partial charge in [-0.3, -0.25) is 0 Å². The third-order valence-electron chi connectivity index (χ3n) is 0. The first-order valence-corrected chi connectivity index (χ1v) is 0. The van der Waals surface area contributed by atoms with Crippen LogP contribution in [0.15, 0.2) is 0 Å². The van der Waals surface area contributed by atoms with E-state index in [0.717, 1.165) is 0 Å². The van der Waals surface area contributed by atoms with Crippen molar-refractivity contribution in [3.63, 3.8) is 0 Å². The Morgan fingerprint density at radius 1 is 1.00 bits per heavy atom. The van der Waals surface area contributed by atoms with E-state index < -0.39 is 0 Å². The Morgan fingerprint density at radius 3 is 1.00 bits per heavy atom. The van der Waals surface area contributed by atoms with E-state index in [2.05, 4.69) is 0 Å². The van der Waals surface area contributed by atoms with Crippen LogP contribution in [0.4, 0.5) is 0 Å². The SMILES string of the molecule is Br.Cl.[KH].[SnH2]. The molecule has 0 N–H and O–H groups in total. The first kappa shape index (κ1) is 27.0. The van der Waals surface area contributed by atoms with E-state index in [1.165, 1.54) is 0 Å². The molecule has 0 rings (SSSR count). The van der Waals surface area contributed by atoms with Crippen LogP contribution < -0.4 is 0 Å². The van der Waals surface area contributed by atoms with Gasteiger partial charge in [0.05, 0.1) is 0 Å². The predicted molar refractivity (Wildman–Crippen MR) is 33.3 cm³/mol. The van der Waals surface area contributed by atoms with Crippen LogP contribution in [0.2, 0.25) is 0 Å². The summed E-state index contributed by atoms with van der Waals surface area (Å²) in [6.45, 7) is 0. The maximum atomic E-state index is 0. The van der Waals surface area contributed by atoms with Crippen LogP contribution in [0, 0.1) is 0 Å². The van der Waals surface area contributed by atoms with Gasteiger partial charge < -0.3 is 0 Å². The molecule has 0 aliphatic heterocycles. The summed E-state index contributed by atoms with van der Waals surface area (Å²) in [7, 11) is 0. The van der Waals surface area contributed by atoms with Crippen molar-refractivity contribution < 1.29 is 0 Å². The van der Waals surface area contributed by atoms with Gasteiger partial charge >= 0.3 is 75.3 Å². The molecule has 0 aliphatic rings. The van der Waals surface area contributed by atoms with Crippen molar-refractivity contribution in [3.8, 4) is 0 Å². The molecule has 4 heavy (non-hydrogen) atoms. The van der Waals surface area contributed by atoms with Crippen LogP contribution in [0.25, 0.3) is 0 Å². The Hall–Kier alpha value is 3.21. The molecule has 0 aromatic rings. The van der Waals surface area contributed by atoms with E-state index in [1.54, 1.807) is 0 Å². The molecule has 0 unspecified atom stereocenters. The number of hydrogen-bond donors (Lipinski definition) is 0. The van der Waals surface area contributed by atoms with E-state index >= 15 is 0 Å². The quantitative estimate of drug-likeness (QED) is 0.521. The number of halogens is 2. The second-order valence-electron chi connectivity index (χ2n) is 0. The van der Waals surface area contributed by atoms with Crippen molar-refractivity contribution >= 4 is 105 Å². The van der Waals surface area contributed by atoms with Gasteiger partial charge in [-0.2, -0.15) is 0 Å². The van der Waals surface area contributed by atoms with Gasteiger partial charge in [-0.25, -0.2) is 0 Å². The van der Waals surface area contributed by atoms with E-state index in [1.807, 2.05) is 0 Å². The zero-order valence-corrected chi connectivity index (χ0v) is 8.09. The summed E-state index contributed by atoms with van der Waals surface area (Å²) >= 11 is 0. The predicted octanol–water partition coefficient (Wildman–Crippen LogP) is -0.565. The van der Waals surface area contributed by atoms with Gasteiger partial charge in [0.1, 0.15) is 0 Å². The third kappa shape index (κ3) is 8.96. The molecule has 0 amide bonds. The summed E-state index contributed by atoms with van der Waals surface area (Å²) in [5, 5.41) is 0. The van der Waals surface area contributed by atoms with Crippen LogP contribution in [0.5, 0.6) is 0 Å². The second-order valence-corrected chi connectivity index (χ2v) is 0. The number of hydrogen-bond acceptors (Lipinski definition) is 0. The zero-order valence-electron chi connectivity index (χ0n) is 1.52. The van der Waals surface area contributed by atoms with Gasteiger partial charge in [0.25, 0.3) is 0 Å². The fourth-order valence-electron chi connectivity index (χ4n) is 0. The Morgan fingerprint density at radius 2 is 1.00 bits per heavy atom. The van der Waals surface area contributed by atoms with Crippen molar-refractivity contribution in [2.75, 3.05) is 0 Å². The molecule has 0 heterocycles. The summed E-state index contributed by atoms with van der Waals surface area (Å²) in [4.78, 5) is 0. The molecule has 0 saturated heterocycles. The Balaban J connectivity index is 0. The van der Waals surface area contributed by atoms with Crippen LogP contribution in [0.1, 0.15) is 0 Å². The molecule has 0 atom stereocenters. The topological polar surface area (TPSA) is 0 Å². The first-order chi connectivity index (χ1) is 0. The minimum absolute atomic E-state index is 0. The van der Waals surface area contributed by atoms with Crippen LogP contribution in [-0.4, -0.2) is 75.3 Å². The van der Waals surface area contributed by atoms with E-state index in [4.69, 9.17) is 0 Å². The molecule has 0 fully saturated rings. The molecule has 0 aromatic carbocycles. The molecule has 0 aliphatic carbocycles. The standard InChI is InChI=1S/BrH.ClH.K.Sn.3H/h2*1H;;;;;. The summed E-state index contributed by atoms with van der Waals surface area (Å²) in [6.07, 6.45) is 0. The molecular weight excluding hydrogens is 273 g/mol. The van der Waals surface area contributed by atoms with Gasteiger partial charge in [-0.15, -0.1) is 29.4 Å². The Bertz CT molecular complexity index is 8.00. The third-order valence-corrected chi connectivity index (χ3v) is 0. The van der Waals surface area contributed by atoms with Crippen molar-refractivity contribution in [2.24, 2.45) is 0 Å². The van der Waals surface area contributed by atoms with Crippen LogP contribution >= 0.6 is 29.4 Å². The molecule has 4 heteroatoms. The molecule has 24 valence electrons. The first-order valence-electron chi connectivity index (χ1n) is 0. The van der Waals surface area contributed by atoms with Crippen molar-refractivity contribution in [1.82, 2.24) is 0 Å². The molecule has 2 radical (unpaired) electrons. The fraction of sp³-hybridized carbons (Fsp3) is 0. The minimum atomic E-state index is 0. The van der Waals surface area contributed by atoms with Crippen LogP contribution in [0.3, 0.4) is 0 Å². The van der Waals surface area contributed by atoms with Gasteiger partial charge in [0.2, 0.25) is 0 Å². The second kappa shape index (κ2) is 16.4. The maximum absolute atomic E-state index is 0.